The molecular weight excluding hydrogens is 256 g/mol. The lowest BCUT2D eigenvalue weighted by Crippen LogP contribution is -2.30. The van der Waals surface area contributed by atoms with Crippen molar-refractivity contribution in [2.24, 2.45) is 5.92 Å². The van der Waals surface area contributed by atoms with E-state index in [9.17, 15) is 0 Å². The predicted molar refractivity (Wildman–Crippen MR) is 89.7 cm³/mol. The van der Waals surface area contributed by atoms with Gasteiger partial charge in [0.15, 0.2) is 0 Å². The molecule has 21 heavy (non-hydrogen) atoms. The van der Waals surface area contributed by atoms with E-state index in [1.54, 1.807) is 0 Å². The van der Waals surface area contributed by atoms with E-state index in [1.807, 2.05) is 0 Å². The lowest BCUT2D eigenvalue weighted by molar-refractivity contribution is 0.345. The van der Waals surface area contributed by atoms with Gasteiger partial charge in [-0.25, -0.2) is 0 Å². The van der Waals surface area contributed by atoms with Crippen LogP contribution in [0.4, 0.5) is 0 Å². The molecule has 1 fully saturated rings. The molecule has 3 aromatic rings. The fraction of sp³-hybridized carbons (Fsp3) is 0.368. The summed E-state index contributed by atoms with van der Waals surface area (Å²) in [5, 5.41) is 6.30. The first kappa shape index (κ1) is 12.9. The molecule has 2 heterocycles. The molecule has 1 saturated heterocycles. The van der Waals surface area contributed by atoms with Crippen LogP contribution in [0.15, 0.2) is 48.5 Å². The zero-order valence-corrected chi connectivity index (χ0v) is 12.4. The van der Waals surface area contributed by atoms with Crippen LogP contribution >= 0.6 is 0 Å². The molecule has 2 aromatic carbocycles. The Morgan fingerprint density at radius 1 is 0.952 bits per heavy atom. The molecule has 1 aromatic heterocycles. The number of para-hydroxylation sites is 2. The highest BCUT2D eigenvalue weighted by molar-refractivity contribution is 6.07. The molecule has 2 nitrogen and oxygen atoms in total. The fourth-order valence-corrected chi connectivity index (χ4v) is 3.73. The molecule has 1 unspecified atom stereocenters. The number of rotatable bonds is 3. The van der Waals surface area contributed by atoms with Crippen molar-refractivity contribution in [2.45, 2.75) is 25.8 Å². The van der Waals surface area contributed by atoms with Crippen molar-refractivity contribution in [1.29, 1.82) is 0 Å². The fourth-order valence-electron chi connectivity index (χ4n) is 3.73. The number of hydrogen-bond acceptors (Lipinski definition) is 1. The minimum absolute atomic E-state index is 0.832. The molecule has 0 aliphatic carbocycles. The largest absolute Gasteiger partial charge is 0.340 e. The second-order valence-corrected chi connectivity index (χ2v) is 6.19. The van der Waals surface area contributed by atoms with Crippen molar-refractivity contribution in [2.75, 3.05) is 13.1 Å². The number of nitrogens with zero attached hydrogens (tertiary/aromatic N) is 1. The maximum absolute atomic E-state index is 3.53. The van der Waals surface area contributed by atoms with Gasteiger partial charge in [0.1, 0.15) is 0 Å². The molecule has 1 aliphatic heterocycles. The van der Waals surface area contributed by atoms with Crippen LogP contribution in [-0.2, 0) is 6.54 Å². The van der Waals surface area contributed by atoms with Crippen LogP contribution in [0.5, 0.6) is 0 Å². The van der Waals surface area contributed by atoms with Crippen LogP contribution in [0.3, 0.4) is 0 Å². The molecule has 1 atom stereocenters. The smallest absolute Gasteiger partial charge is 0.0491 e. The first-order valence-electron chi connectivity index (χ1n) is 8.10. The summed E-state index contributed by atoms with van der Waals surface area (Å²) >= 11 is 0. The molecule has 4 rings (SSSR count). The summed E-state index contributed by atoms with van der Waals surface area (Å²) in [4.78, 5) is 0. The quantitative estimate of drug-likeness (QED) is 0.760. The van der Waals surface area contributed by atoms with Gasteiger partial charge >= 0.3 is 0 Å². The zero-order chi connectivity index (χ0) is 14.1. The van der Waals surface area contributed by atoms with E-state index in [0.717, 1.165) is 12.5 Å². The first-order chi connectivity index (χ1) is 10.4. The molecule has 0 radical (unpaired) electrons. The number of aromatic nitrogens is 1. The van der Waals surface area contributed by atoms with E-state index in [-0.39, 0.29) is 0 Å². The Balaban J connectivity index is 1.71. The van der Waals surface area contributed by atoms with Crippen molar-refractivity contribution in [3.8, 4) is 0 Å². The number of nitrogens with one attached hydrogen (secondary N) is 1. The Kier molecular flexibility index (Phi) is 3.40. The van der Waals surface area contributed by atoms with Gasteiger partial charge < -0.3 is 9.88 Å². The van der Waals surface area contributed by atoms with E-state index in [4.69, 9.17) is 0 Å². The third kappa shape index (κ3) is 2.34. The van der Waals surface area contributed by atoms with Gasteiger partial charge in [0.05, 0.1) is 0 Å². The van der Waals surface area contributed by atoms with E-state index in [0.29, 0.717) is 0 Å². The van der Waals surface area contributed by atoms with Gasteiger partial charge in [-0.2, -0.15) is 0 Å². The van der Waals surface area contributed by atoms with Crippen molar-refractivity contribution >= 4 is 21.8 Å². The van der Waals surface area contributed by atoms with Gasteiger partial charge in [0.2, 0.25) is 0 Å². The van der Waals surface area contributed by atoms with Crippen LogP contribution < -0.4 is 5.32 Å². The van der Waals surface area contributed by atoms with Gasteiger partial charge in [-0.15, -0.1) is 0 Å². The maximum atomic E-state index is 3.53. The monoisotopic (exact) mass is 278 g/mol. The third-order valence-corrected chi connectivity index (χ3v) is 4.84. The molecule has 1 N–H and O–H groups in total. The van der Waals surface area contributed by atoms with Crippen LogP contribution in [0.25, 0.3) is 21.8 Å². The average Bonchev–Trinajstić information content (AvgIpc) is 2.88. The standard InChI is InChI=1S/C19H22N2/c1-3-9-18-16(7-1)17-8-2-4-10-19(17)21(18)13-11-15-6-5-12-20-14-15/h1-4,7-10,15,20H,5-6,11-14H2. The highest BCUT2D eigenvalue weighted by atomic mass is 15.0. The SMILES string of the molecule is c1ccc2c(c1)c1ccccc1n2CCC1CCCNC1. The Bertz CT molecular complexity index is 697. The maximum Gasteiger partial charge on any atom is 0.0491 e. The van der Waals surface area contributed by atoms with Crippen LogP contribution in [-0.4, -0.2) is 17.7 Å². The van der Waals surface area contributed by atoms with E-state index in [1.165, 1.54) is 54.2 Å². The summed E-state index contributed by atoms with van der Waals surface area (Å²) in [7, 11) is 0. The van der Waals surface area contributed by atoms with Crippen molar-refractivity contribution < 1.29 is 0 Å². The Morgan fingerprint density at radius 3 is 2.24 bits per heavy atom. The van der Waals surface area contributed by atoms with E-state index >= 15 is 0 Å². The molecular formula is C19H22N2. The van der Waals surface area contributed by atoms with Crippen LogP contribution in [0, 0.1) is 5.92 Å². The second-order valence-electron chi connectivity index (χ2n) is 6.19. The topological polar surface area (TPSA) is 17.0 Å². The Morgan fingerprint density at radius 2 is 1.62 bits per heavy atom. The summed E-state index contributed by atoms with van der Waals surface area (Å²) in [6.07, 6.45) is 3.98. The lowest BCUT2D eigenvalue weighted by atomic mass is 9.96. The van der Waals surface area contributed by atoms with Gasteiger partial charge in [-0.3, -0.25) is 0 Å². The van der Waals surface area contributed by atoms with Crippen LogP contribution in [0.1, 0.15) is 19.3 Å². The molecule has 2 heteroatoms. The second kappa shape index (κ2) is 5.53. The highest BCUT2D eigenvalue weighted by Gasteiger charge is 2.15. The molecule has 1 aliphatic rings. The zero-order valence-electron chi connectivity index (χ0n) is 12.4. The number of aryl methyl sites for hydroxylation is 1. The summed E-state index contributed by atoms with van der Waals surface area (Å²) in [6.45, 7) is 3.52. The van der Waals surface area contributed by atoms with Gasteiger partial charge in [-0.1, -0.05) is 36.4 Å². The summed E-state index contributed by atoms with van der Waals surface area (Å²) in [6, 6.07) is 17.6. The Labute approximate surface area is 125 Å². The number of piperidine rings is 1. The first-order valence-corrected chi connectivity index (χ1v) is 8.10. The molecule has 0 bridgehead atoms. The average molecular weight is 278 g/mol. The third-order valence-electron chi connectivity index (χ3n) is 4.84. The molecule has 0 spiro atoms. The lowest BCUT2D eigenvalue weighted by Gasteiger charge is -2.23. The molecule has 108 valence electrons. The van der Waals surface area contributed by atoms with Gasteiger partial charge in [0.25, 0.3) is 0 Å². The van der Waals surface area contributed by atoms with Crippen molar-refractivity contribution in [3.05, 3.63) is 48.5 Å². The normalized spacial score (nSPS) is 19.3. The number of hydrogen-bond donors (Lipinski definition) is 1. The minimum Gasteiger partial charge on any atom is -0.340 e. The van der Waals surface area contributed by atoms with Crippen molar-refractivity contribution in [3.63, 3.8) is 0 Å². The predicted octanol–water partition coefficient (Wildman–Crippen LogP) is 4.18. The summed E-state index contributed by atoms with van der Waals surface area (Å²) in [5.74, 6) is 0.832. The summed E-state index contributed by atoms with van der Waals surface area (Å²) in [5.41, 5.74) is 2.75. The van der Waals surface area contributed by atoms with Gasteiger partial charge in [0, 0.05) is 28.4 Å². The van der Waals surface area contributed by atoms with E-state index < -0.39 is 0 Å². The van der Waals surface area contributed by atoms with E-state index in [2.05, 4.69) is 58.4 Å². The summed E-state index contributed by atoms with van der Waals surface area (Å²) < 4.78 is 2.51. The molecule has 0 saturated carbocycles. The number of benzene rings is 2. The van der Waals surface area contributed by atoms with Gasteiger partial charge in [-0.05, 0) is 50.4 Å². The van der Waals surface area contributed by atoms with Crippen LogP contribution in [0.2, 0.25) is 0 Å². The number of fused-ring (bicyclic) bond motifs is 3. The Hall–Kier alpha value is -1.80. The highest BCUT2D eigenvalue weighted by Crippen LogP contribution is 2.29. The molecule has 0 amide bonds. The minimum atomic E-state index is 0.832. The van der Waals surface area contributed by atoms with Crippen molar-refractivity contribution in [1.82, 2.24) is 9.88 Å².